The van der Waals surface area contributed by atoms with Gasteiger partial charge >= 0.3 is 5.97 Å². The number of carbonyl (C=O) groups excluding carboxylic acids is 1. The molecule has 3 rings (SSSR count). The Bertz CT molecular complexity index is 943. The average molecular weight is 408 g/mol. The Kier molecular flexibility index (Phi) is 5.39. The van der Waals surface area contributed by atoms with Crippen LogP contribution in [0.25, 0.3) is 0 Å². The number of esters is 1. The molecule has 1 aliphatic heterocycles. The largest absolute Gasteiger partial charge is 0.497 e. The second-order valence-electron chi connectivity index (χ2n) is 6.20. The number of methoxy groups -OCH3 is 2. The summed E-state index contributed by atoms with van der Waals surface area (Å²) in [6.07, 6.45) is 0.669. The van der Waals surface area contributed by atoms with Crippen LogP contribution in [0.3, 0.4) is 0 Å². The van der Waals surface area contributed by atoms with Crippen molar-refractivity contribution >= 4 is 34.1 Å². The molecule has 1 fully saturated rings. The van der Waals surface area contributed by atoms with Crippen LogP contribution >= 0.6 is 12.6 Å². The Balaban J connectivity index is 2.20. The number of rotatable bonds is 5. The number of ether oxygens (including phenoxy) is 2. The summed E-state index contributed by atoms with van der Waals surface area (Å²) in [6, 6.07) is 13.1. The van der Waals surface area contributed by atoms with Gasteiger partial charge in [0.25, 0.3) is 0 Å². The lowest BCUT2D eigenvalue weighted by Crippen LogP contribution is -2.57. The van der Waals surface area contributed by atoms with Gasteiger partial charge in [-0.15, -0.1) is 12.6 Å². The molecule has 1 atom stereocenters. The van der Waals surface area contributed by atoms with Gasteiger partial charge in [-0.2, -0.15) is 0 Å². The van der Waals surface area contributed by atoms with Crippen LogP contribution in [0.15, 0.2) is 58.3 Å². The second-order valence-corrected chi connectivity index (χ2v) is 8.83. The molecule has 0 radical (unpaired) electrons. The number of nitrogens with zero attached hydrogens (tertiary/aromatic N) is 1. The predicted octanol–water partition coefficient (Wildman–Crippen LogP) is 2.93. The lowest BCUT2D eigenvalue weighted by Gasteiger charge is -2.37. The van der Waals surface area contributed by atoms with Gasteiger partial charge in [0.1, 0.15) is 5.75 Å². The van der Waals surface area contributed by atoms with Gasteiger partial charge in [0.05, 0.1) is 24.8 Å². The summed E-state index contributed by atoms with van der Waals surface area (Å²) in [7, 11) is -1.38. The second kappa shape index (κ2) is 7.44. The summed E-state index contributed by atoms with van der Waals surface area (Å²) in [5.74, 6) is -0.266. The Morgan fingerprint density at radius 1 is 1.11 bits per heavy atom. The highest BCUT2D eigenvalue weighted by molar-refractivity contribution is 7.93. The van der Waals surface area contributed by atoms with Crippen LogP contribution in [-0.2, 0) is 19.4 Å². The number of hydrogen-bond acceptors (Lipinski definition) is 7. The van der Waals surface area contributed by atoms with Crippen molar-refractivity contribution in [2.24, 2.45) is 0 Å². The smallest absolute Gasteiger partial charge is 0.348 e. The third-order valence-electron chi connectivity index (χ3n) is 4.82. The molecule has 2 aromatic carbocycles. The van der Waals surface area contributed by atoms with Gasteiger partial charge in [-0.3, -0.25) is 0 Å². The number of para-hydroxylation sites is 1. The maximum atomic E-state index is 13.6. The van der Waals surface area contributed by atoms with E-state index in [4.69, 9.17) is 9.47 Å². The monoisotopic (exact) mass is 407 g/mol. The molecular weight excluding hydrogens is 386 g/mol. The van der Waals surface area contributed by atoms with Crippen LogP contribution in [0.5, 0.6) is 5.75 Å². The molecule has 0 aliphatic carbocycles. The van der Waals surface area contributed by atoms with Gasteiger partial charge < -0.3 is 14.4 Å². The number of thiol groups is 1. The molecule has 1 saturated heterocycles. The summed E-state index contributed by atoms with van der Waals surface area (Å²) in [5.41, 5.74) is 0.584. The first-order chi connectivity index (χ1) is 12.9. The summed E-state index contributed by atoms with van der Waals surface area (Å²) in [5, 5.41) is 0. The molecule has 0 unspecified atom stereocenters. The van der Waals surface area contributed by atoms with Crippen LogP contribution in [-0.4, -0.2) is 40.0 Å². The summed E-state index contributed by atoms with van der Waals surface area (Å²) in [6.45, 7) is 0.405. The molecule has 1 aliphatic rings. The molecule has 1 heterocycles. The topological polar surface area (TPSA) is 72.9 Å². The van der Waals surface area contributed by atoms with E-state index in [0.29, 0.717) is 29.3 Å². The highest BCUT2D eigenvalue weighted by atomic mass is 32.2. The van der Waals surface area contributed by atoms with Crippen LogP contribution in [0.2, 0.25) is 0 Å². The van der Waals surface area contributed by atoms with E-state index in [9.17, 15) is 13.2 Å². The fourth-order valence-corrected chi connectivity index (χ4v) is 5.87. The number of anilines is 1. The lowest BCUT2D eigenvalue weighted by atomic mass is 10.2. The first-order valence-corrected chi connectivity index (χ1v) is 10.3. The van der Waals surface area contributed by atoms with Crippen molar-refractivity contribution in [1.29, 1.82) is 0 Å². The first kappa shape index (κ1) is 19.6. The zero-order valence-corrected chi connectivity index (χ0v) is 16.8. The molecule has 144 valence electrons. The average Bonchev–Trinajstić information content (AvgIpc) is 3.14. The van der Waals surface area contributed by atoms with Gasteiger partial charge in [-0.25, -0.2) is 13.2 Å². The zero-order chi connectivity index (χ0) is 19.7. The molecular formula is C19H21NO5S2. The lowest BCUT2D eigenvalue weighted by molar-refractivity contribution is -0.143. The van der Waals surface area contributed by atoms with Gasteiger partial charge in [-0.05, 0) is 49.2 Å². The van der Waals surface area contributed by atoms with Crippen molar-refractivity contribution in [2.45, 2.75) is 27.5 Å². The van der Waals surface area contributed by atoms with Crippen molar-refractivity contribution in [1.82, 2.24) is 0 Å². The normalized spacial score (nSPS) is 19.7. The van der Waals surface area contributed by atoms with E-state index in [-0.39, 0.29) is 11.3 Å². The van der Waals surface area contributed by atoms with Gasteiger partial charge in [0.2, 0.25) is 14.7 Å². The van der Waals surface area contributed by atoms with Crippen molar-refractivity contribution in [3.05, 3.63) is 48.5 Å². The maximum Gasteiger partial charge on any atom is 0.348 e. The SMILES string of the molecule is COC(=O)[C@]1(S(=O)(=O)c2ccc(OC)cc2)CCCN1c1ccccc1S. The van der Waals surface area contributed by atoms with E-state index < -0.39 is 20.7 Å². The zero-order valence-electron chi connectivity index (χ0n) is 15.1. The molecule has 8 heteroatoms. The van der Waals surface area contributed by atoms with E-state index in [1.807, 2.05) is 0 Å². The quantitative estimate of drug-likeness (QED) is 0.607. The first-order valence-electron chi connectivity index (χ1n) is 8.41. The summed E-state index contributed by atoms with van der Waals surface area (Å²) in [4.78, 5) is 13.3. The van der Waals surface area contributed by atoms with Gasteiger partial charge in [-0.1, -0.05) is 12.1 Å². The molecule has 0 amide bonds. The van der Waals surface area contributed by atoms with E-state index in [0.717, 1.165) is 0 Å². The van der Waals surface area contributed by atoms with Crippen LogP contribution < -0.4 is 9.64 Å². The van der Waals surface area contributed by atoms with Crippen molar-refractivity contribution in [3.63, 3.8) is 0 Å². The Labute approximate surface area is 164 Å². The van der Waals surface area contributed by atoms with Crippen molar-refractivity contribution in [3.8, 4) is 5.75 Å². The van der Waals surface area contributed by atoms with E-state index in [1.54, 1.807) is 41.3 Å². The fourth-order valence-electron chi connectivity index (χ4n) is 3.51. The van der Waals surface area contributed by atoms with Gasteiger partial charge in [0.15, 0.2) is 0 Å². The Morgan fingerprint density at radius 2 is 1.78 bits per heavy atom. The minimum Gasteiger partial charge on any atom is -0.497 e. The third-order valence-corrected chi connectivity index (χ3v) is 7.58. The molecule has 0 spiro atoms. The predicted molar refractivity (Wildman–Crippen MR) is 105 cm³/mol. The maximum absolute atomic E-state index is 13.6. The Morgan fingerprint density at radius 3 is 2.37 bits per heavy atom. The van der Waals surface area contributed by atoms with E-state index >= 15 is 0 Å². The molecule has 0 N–H and O–H groups in total. The van der Waals surface area contributed by atoms with Crippen LogP contribution in [0.4, 0.5) is 5.69 Å². The number of benzene rings is 2. The molecule has 0 saturated carbocycles. The van der Waals surface area contributed by atoms with Crippen LogP contribution in [0.1, 0.15) is 12.8 Å². The minimum atomic E-state index is -4.09. The summed E-state index contributed by atoms with van der Waals surface area (Å²) < 4.78 is 37.4. The van der Waals surface area contributed by atoms with Crippen LogP contribution in [0, 0.1) is 0 Å². The molecule has 2 aromatic rings. The molecule has 6 nitrogen and oxygen atoms in total. The highest BCUT2D eigenvalue weighted by Crippen LogP contribution is 2.44. The third kappa shape index (κ3) is 3.06. The Hall–Kier alpha value is -2.19. The van der Waals surface area contributed by atoms with E-state index in [1.165, 1.54) is 26.4 Å². The van der Waals surface area contributed by atoms with Crippen molar-refractivity contribution in [2.75, 3.05) is 25.7 Å². The number of sulfone groups is 1. The minimum absolute atomic E-state index is 0.0391. The van der Waals surface area contributed by atoms with Gasteiger partial charge in [0, 0.05) is 11.4 Å². The molecule has 27 heavy (non-hydrogen) atoms. The summed E-state index contributed by atoms with van der Waals surface area (Å²) >= 11 is 4.45. The molecule has 0 bridgehead atoms. The number of hydrogen-bond donors (Lipinski definition) is 1. The fraction of sp³-hybridized carbons (Fsp3) is 0.316. The van der Waals surface area contributed by atoms with E-state index in [2.05, 4.69) is 12.6 Å². The number of carbonyl (C=O) groups is 1. The van der Waals surface area contributed by atoms with Crippen molar-refractivity contribution < 1.29 is 22.7 Å². The standard InChI is InChI=1S/C19H21NO5S2/c1-24-14-8-10-15(11-9-14)27(22,23)19(18(21)25-2)12-5-13-20(19)16-6-3-4-7-17(16)26/h3-4,6-11,26H,5,12-13H2,1-2H3/t19-/m1/s1. The molecule has 0 aromatic heterocycles. The highest BCUT2D eigenvalue weighted by Gasteiger charge is 2.59.